The molecular weight excluding hydrogens is 583 g/mol. The van der Waals surface area contributed by atoms with Crippen LogP contribution in [0, 0.1) is 20.8 Å². The van der Waals surface area contributed by atoms with E-state index in [-0.39, 0.29) is 30.2 Å². The van der Waals surface area contributed by atoms with Crippen LogP contribution in [0.2, 0.25) is 0 Å². The first-order chi connectivity index (χ1) is 17.6. The molecule has 194 valence electrons. The van der Waals surface area contributed by atoms with Gasteiger partial charge in [0.15, 0.2) is 0 Å². The quantitative estimate of drug-likeness (QED) is 0.451. The molecule has 2 fully saturated rings. The molecule has 1 heterocycles. The van der Waals surface area contributed by atoms with Crippen molar-refractivity contribution in [2.45, 2.75) is 70.2 Å². The van der Waals surface area contributed by atoms with Gasteiger partial charge in [0.1, 0.15) is 17.7 Å². The Balaban J connectivity index is 1.42. The summed E-state index contributed by atoms with van der Waals surface area (Å²) in [6, 6.07) is 15.3. The summed E-state index contributed by atoms with van der Waals surface area (Å²) in [6.07, 6.45) is 2.29. The molecule has 2 aliphatic rings. The van der Waals surface area contributed by atoms with Gasteiger partial charge in [0.05, 0.1) is 11.6 Å². The van der Waals surface area contributed by atoms with E-state index in [0.717, 1.165) is 28.4 Å². The number of piperidine rings is 1. The molecule has 2 N–H and O–H groups in total. The normalized spacial score (nSPS) is 21.2. The zero-order valence-corrected chi connectivity index (χ0v) is 23.3. The number of anilines is 1. The second kappa shape index (κ2) is 11.1. The first-order valence-electron chi connectivity index (χ1n) is 12.4. The van der Waals surface area contributed by atoms with Crippen molar-refractivity contribution in [1.29, 1.82) is 5.26 Å². The minimum atomic E-state index is -0.784. The van der Waals surface area contributed by atoms with Gasteiger partial charge in [-0.05, 0) is 98.4 Å². The Morgan fingerprint density at radius 2 is 1.92 bits per heavy atom. The van der Waals surface area contributed by atoms with Crippen molar-refractivity contribution in [2.75, 3.05) is 5.32 Å². The second-order valence-electron chi connectivity index (χ2n) is 10.6. The zero-order valence-electron chi connectivity index (χ0n) is 21.2. The van der Waals surface area contributed by atoms with E-state index in [9.17, 15) is 19.6 Å². The molecule has 1 saturated carbocycles. The fourth-order valence-electron chi connectivity index (χ4n) is 5.14. The van der Waals surface area contributed by atoms with Gasteiger partial charge in [-0.15, -0.1) is 0 Å². The molecule has 4 rings (SSSR count). The molecule has 2 aromatic carbocycles. The van der Waals surface area contributed by atoms with Crippen molar-refractivity contribution < 1.29 is 19.1 Å². The van der Waals surface area contributed by atoms with E-state index in [1.54, 1.807) is 49.9 Å². The lowest BCUT2D eigenvalue weighted by Gasteiger charge is -2.35. The van der Waals surface area contributed by atoms with Crippen LogP contribution < -0.4 is 10.6 Å². The summed E-state index contributed by atoms with van der Waals surface area (Å²) < 4.78 is 6.42. The molecule has 9 heteroatoms. The molecule has 1 aliphatic heterocycles. The molecule has 2 aromatic rings. The van der Waals surface area contributed by atoms with Crippen LogP contribution in [0.1, 0.15) is 56.0 Å². The maximum Gasteiger partial charge on any atom is 0.411 e. The SMILES string of the molecule is CC(C)(C)OC(=O)N1[C@@H]2CC[C@@H](C2)[C@H]1C(=O)NC(C#N)Cc1cccc(NC(=O)c2ccccc2I)c1. The summed E-state index contributed by atoms with van der Waals surface area (Å²) >= 11 is 2.12. The first kappa shape index (κ1) is 26.9. The lowest BCUT2D eigenvalue weighted by Crippen LogP contribution is -2.55. The molecule has 1 saturated heterocycles. The number of rotatable bonds is 6. The summed E-state index contributed by atoms with van der Waals surface area (Å²) in [4.78, 5) is 40.5. The Hall–Kier alpha value is -3.13. The molecule has 8 nitrogen and oxygen atoms in total. The lowest BCUT2D eigenvalue weighted by atomic mass is 9.97. The molecule has 0 radical (unpaired) electrons. The maximum absolute atomic E-state index is 13.3. The number of nitriles is 1. The molecule has 1 aliphatic carbocycles. The third-order valence-electron chi connectivity index (χ3n) is 6.67. The number of amides is 3. The zero-order chi connectivity index (χ0) is 26.7. The van der Waals surface area contributed by atoms with E-state index in [1.807, 2.05) is 24.3 Å². The molecular formula is C28H31IN4O4. The smallest absolute Gasteiger partial charge is 0.411 e. The standard InChI is InChI=1S/C28H31IN4O4/c1-28(2,3)37-27(36)33-21-12-11-18(15-21)24(33)26(35)32-20(16-30)14-17-7-6-8-19(13-17)31-25(34)22-9-4-5-10-23(22)29/h4-10,13,18,20-21,24H,11-12,14-15H2,1-3H3,(H,31,34)(H,32,35)/t18-,20?,21+,24-/m0/s1. The van der Waals surface area contributed by atoms with Crippen molar-refractivity contribution in [3.63, 3.8) is 0 Å². The molecule has 0 spiro atoms. The highest BCUT2D eigenvalue weighted by molar-refractivity contribution is 14.1. The average molecular weight is 614 g/mol. The summed E-state index contributed by atoms with van der Waals surface area (Å²) in [5.74, 6) is -0.477. The van der Waals surface area contributed by atoms with E-state index in [0.29, 0.717) is 11.3 Å². The Morgan fingerprint density at radius 1 is 1.16 bits per heavy atom. The lowest BCUT2D eigenvalue weighted by molar-refractivity contribution is -0.128. The maximum atomic E-state index is 13.3. The van der Waals surface area contributed by atoms with Crippen molar-refractivity contribution in [2.24, 2.45) is 5.92 Å². The van der Waals surface area contributed by atoms with Crippen LogP contribution in [0.3, 0.4) is 0 Å². The van der Waals surface area contributed by atoms with E-state index >= 15 is 0 Å². The van der Waals surface area contributed by atoms with Gasteiger partial charge in [0.2, 0.25) is 5.91 Å². The predicted molar refractivity (Wildman–Crippen MR) is 148 cm³/mol. The Labute approximate surface area is 230 Å². The van der Waals surface area contributed by atoms with Crippen LogP contribution in [0.5, 0.6) is 0 Å². The van der Waals surface area contributed by atoms with Crippen molar-refractivity contribution >= 4 is 46.2 Å². The fourth-order valence-corrected chi connectivity index (χ4v) is 5.78. The van der Waals surface area contributed by atoms with E-state index in [1.165, 1.54) is 0 Å². The van der Waals surface area contributed by atoms with Crippen LogP contribution in [-0.4, -0.2) is 46.5 Å². The summed E-state index contributed by atoms with van der Waals surface area (Å²) in [7, 11) is 0. The molecule has 0 aromatic heterocycles. The summed E-state index contributed by atoms with van der Waals surface area (Å²) in [5, 5.41) is 15.5. The number of benzene rings is 2. The van der Waals surface area contributed by atoms with Gasteiger partial charge in [0.25, 0.3) is 5.91 Å². The first-order valence-corrected chi connectivity index (χ1v) is 13.5. The van der Waals surface area contributed by atoms with Crippen LogP contribution in [0.15, 0.2) is 48.5 Å². The molecule has 1 unspecified atom stereocenters. The number of fused-ring (bicyclic) bond motifs is 2. The topological polar surface area (TPSA) is 112 Å². The van der Waals surface area contributed by atoms with Crippen molar-refractivity contribution in [3.8, 4) is 6.07 Å². The van der Waals surface area contributed by atoms with Gasteiger partial charge < -0.3 is 15.4 Å². The largest absolute Gasteiger partial charge is 0.444 e. The minimum absolute atomic E-state index is 0.0101. The second-order valence-corrected chi connectivity index (χ2v) is 11.8. The van der Waals surface area contributed by atoms with Gasteiger partial charge in [-0.2, -0.15) is 5.26 Å². The Bertz CT molecular complexity index is 1240. The molecule has 3 amide bonds. The van der Waals surface area contributed by atoms with Crippen LogP contribution in [0.4, 0.5) is 10.5 Å². The number of hydrogen-bond donors (Lipinski definition) is 2. The molecule has 37 heavy (non-hydrogen) atoms. The van der Waals surface area contributed by atoms with Crippen molar-refractivity contribution in [1.82, 2.24) is 10.2 Å². The van der Waals surface area contributed by atoms with E-state index < -0.39 is 23.8 Å². The Kier molecular flexibility index (Phi) is 8.07. The minimum Gasteiger partial charge on any atom is -0.444 e. The number of nitrogens with zero attached hydrogens (tertiary/aromatic N) is 2. The number of halogens is 1. The van der Waals surface area contributed by atoms with Gasteiger partial charge >= 0.3 is 6.09 Å². The van der Waals surface area contributed by atoms with Crippen LogP contribution in [0.25, 0.3) is 0 Å². The molecule has 2 bridgehead atoms. The number of likely N-dealkylation sites (tertiary alicyclic amines) is 1. The van der Waals surface area contributed by atoms with Gasteiger partial charge in [-0.25, -0.2) is 4.79 Å². The molecule has 4 atom stereocenters. The van der Waals surface area contributed by atoms with Gasteiger partial charge in [-0.3, -0.25) is 14.5 Å². The number of nitrogens with one attached hydrogen (secondary N) is 2. The number of hydrogen-bond acceptors (Lipinski definition) is 5. The van der Waals surface area contributed by atoms with E-state index in [4.69, 9.17) is 4.74 Å². The third-order valence-corrected chi connectivity index (χ3v) is 7.61. The predicted octanol–water partition coefficient (Wildman–Crippen LogP) is 4.88. The van der Waals surface area contributed by atoms with Gasteiger partial charge in [0, 0.05) is 21.7 Å². The highest BCUT2D eigenvalue weighted by atomic mass is 127. The summed E-state index contributed by atoms with van der Waals surface area (Å²) in [5.41, 5.74) is 1.32. The number of carbonyl (C=O) groups excluding carboxylic acids is 3. The highest BCUT2D eigenvalue weighted by Gasteiger charge is 2.52. The number of ether oxygens (including phenoxy) is 1. The van der Waals surface area contributed by atoms with E-state index in [2.05, 4.69) is 39.3 Å². The number of carbonyl (C=O) groups is 3. The van der Waals surface area contributed by atoms with Crippen molar-refractivity contribution in [3.05, 3.63) is 63.2 Å². The average Bonchev–Trinajstić information content (AvgIpc) is 3.45. The summed E-state index contributed by atoms with van der Waals surface area (Å²) in [6.45, 7) is 5.41. The fraction of sp³-hybridized carbons (Fsp3) is 0.429. The Morgan fingerprint density at radius 3 is 2.62 bits per heavy atom. The van der Waals surface area contributed by atoms with Gasteiger partial charge in [-0.1, -0.05) is 24.3 Å². The third kappa shape index (κ3) is 6.42. The van der Waals surface area contributed by atoms with Crippen LogP contribution in [-0.2, 0) is 16.0 Å². The monoisotopic (exact) mass is 614 g/mol. The van der Waals surface area contributed by atoms with Crippen LogP contribution >= 0.6 is 22.6 Å². The highest BCUT2D eigenvalue weighted by Crippen LogP contribution is 2.43.